The Morgan fingerprint density at radius 1 is 1.67 bits per heavy atom. The molecule has 0 spiro atoms. The lowest BCUT2D eigenvalue weighted by Gasteiger charge is -1.99. The van der Waals surface area contributed by atoms with Gasteiger partial charge in [-0.3, -0.25) is 4.79 Å². The Kier molecular flexibility index (Phi) is 3.40. The Hall–Kier alpha value is -0.220. The van der Waals surface area contributed by atoms with Crippen LogP contribution in [0.4, 0.5) is 0 Å². The van der Waals surface area contributed by atoms with Gasteiger partial charge in [-0.25, -0.2) is 4.98 Å². The molecule has 1 heterocycles. The standard InChI is InChI=1S/C8H10BrNOS/c1-5(2)3-6-8(9)10-7(4-11)12-6/h4-5H,3H2,1-2H3. The third-order valence-corrected chi connectivity index (χ3v) is 3.28. The Bertz CT molecular complexity index is 283. The molecule has 0 atom stereocenters. The van der Waals surface area contributed by atoms with E-state index >= 15 is 0 Å². The number of aldehydes is 1. The normalized spacial score (nSPS) is 10.7. The van der Waals surface area contributed by atoms with E-state index < -0.39 is 0 Å². The van der Waals surface area contributed by atoms with Gasteiger partial charge in [-0.1, -0.05) is 13.8 Å². The molecule has 0 aromatic carbocycles. The van der Waals surface area contributed by atoms with Gasteiger partial charge in [0.2, 0.25) is 0 Å². The molecule has 1 aromatic rings. The van der Waals surface area contributed by atoms with Crippen LogP contribution >= 0.6 is 27.3 Å². The largest absolute Gasteiger partial charge is 0.295 e. The summed E-state index contributed by atoms with van der Waals surface area (Å²) >= 11 is 4.79. The minimum atomic E-state index is 0.553. The number of hydrogen-bond donors (Lipinski definition) is 0. The first-order valence-electron chi connectivity index (χ1n) is 3.74. The number of hydrogen-bond acceptors (Lipinski definition) is 3. The molecule has 0 aliphatic rings. The van der Waals surface area contributed by atoms with Crippen molar-refractivity contribution in [1.82, 2.24) is 4.98 Å². The van der Waals surface area contributed by atoms with Gasteiger partial charge in [-0.2, -0.15) is 0 Å². The van der Waals surface area contributed by atoms with Gasteiger partial charge in [0.1, 0.15) is 4.60 Å². The van der Waals surface area contributed by atoms with E-state index in [1.165, 1.54) is 11.3 Å². The zero-order chi connectivity index (χ0) is 9.14. The van der Waals surface area contributed by atoms with Crippen LogP contribution in [-0.2, 0) is 6.42 Å². The molecule has 0 saturated heterocycles. The van der Waals surface area contributed by atoms with Crippen molar-refractivity contribution in [1.29, 1.82) is 0 Å². The molecule has 4 heteroatoms. The quantitative estimate of drug-likeness (QED) is 0.770. The van der Waals surface area contributed by atoms with E-state index in [0.29, 0.717) is 10.9 Å². The molecule has 0 radical (unpaired) electrons. The highest BCUT2D eigenvalue weighted by Crippen LogP contribution is 2.25. The van der Waals surface area contributed by atoms with Crippen molar-refractivity contribution in [2.45, 2.75) is 20.3 Å². The molecular weight excluding hydrogens is 238 g/mol. The number of thiazole rings is 1. The van der Waals surface area contributed by atoms with E-state index in [9.17, 15) is 4.79 Å². The summed E-state index contributed by atoms with van der Waals surface area (Å²) in [5.41, 5.74) is 0. The van der Waals surface area contributed by atoms with Crippen molar-refractivity contribution in [2.75, 3.05) is 0 Å². The summed E-state index contributed by atoms with van der Waals surface area (Å²) in [6.07, 6.45) is 1.77. The molecule has 0 bridgehead atoms. The van der Waals surface area contributed by atoms with Crippen LogP contribution in [0.15, 0.2) is 4.60 Å². The predicted octanol–water partition coefficient (Wildman–Crippen LogP) is 2.92. The third kappa shape index (κ3) is 2.38. The minimum Gasteiger partial charge on any atom is -0.295 e. The van der Waals surface area contributed by atoms with Crippen LogP contribution in [0.2, 0.25) is 0 Å². The maximum absolute atomic E-state index is 10.4. The first-order chi connectivity index (χ1) is 5.63. The number of nitrogens with zero attached hydrogens (tertiary/aromatic N) is 1. The van der Waals surface area contributed by atoms with E-state index in [2.05, 4.69) is 34.8 Å². The molecule has 0 aliphatic heterocycles. The van der Waals surface area contributed by atoms with Gasteiger partial charge in [0.15, 0.2) is 11.3 Å². The highest BCUT2D eigenvalue weighted by atomic mass is 79.9. The lowest BCUT2D eigenvalue weighted by Crippen LogP contribution is -1.91. The lowest BCUT2D eigenvalue weighted by molar-refractivity contribution is 0.112. The fourth-order valence-corrected chi connectivity index (χ4v) is 2.59. The van der Waals surface area contributed by atoms with E-state index in [-0.39, 0.29) is 0 Å². The van der Waals surface area contributed by atoms with Crippen LogP contribution in [-0.4, -0.2) is 11.3 Å². The average Bonchev–Trinajstić information content (AvgIpc) is 2.31. The van der Waals surface area contributed by atoms with E-state index in [0.717, 1.165) is 22.2 Å². The Morgan fingerprint density at radius 3 is 2.75 bits per heavy atom. The Morgan fingerprint density at radius 2 is 2.33 bits per heavy atom. The molecule has 0 N–H and O–H groups in total. The number of carbonyl (C=O) groups is 1. The molecule has 12 heavy (non-hydrogen) atoms. The zero-order valence-electron chi connectivity index (χ0n) is 7.00. The molecule has 0 amide bonds. The first kappa shape index (κ1) is 9.86. The number of aromatic nitrogens is 1. The highest BCUT2D eigenvalue weighted by Gasteiger charge is 2.09. The van der Waals surface area contributed by atoms with Gasteiger partial charge in [0.05, 0.1) is 0 Å². The van der Waals surface area contributed by atoms with Crippen molar-refractivity contribution in [2.24, 2.45) is 5.92 Å². The molecule has 2 nitrogen and oxygen atoms in total. The van der Waals surface area contributed by atoms with E-state index in [4.69, 9.17) is 0 Å². The van der Waals surface area contributed by atoms with Gasteiger partial charge in [-0.15, -0.1) is 11.3 Å². The summed E-state index contributed by atoms with van der Waals surface area (Å²) in [5.74, 6) is 0.598. The van der Waals surface area contributed by atoms with Crippen LogP contribution in [0, 0.1) is 5.92 Å². The van der Waals surface area contributed by atoms with Crippen molar-refractivity contribution in [3.63, 3.8) is 0 Å². The number of halogens is 1. The van der Waals surface area contributed by atoms with Gasteiger partial charge >= 0.3 is 0 Å². The fraction of sp³-hybridized carbons (Fsp3) is 0.500. The summed E-state index contributed by atoms with van der Waals surface area (Å²) in [7, 11) is 0. The van der Waals surface area contributed by atoms with Crippen LogP contribution in [0.1, 0.15) is 28.5 Å². The van der Waals surface area contributed by atoms with Crippen LogP contribution in [0.25, 0.3) is 0 Å². The highest BCUT2D eigenvalue weighted by molar-refractivity contribution is 9.10. The average molecular weight is 248 g/mol. The number of carbonyl (C=O) groups excluding carboxylic acids is 1. The molecule has 0 unspecified atom stereocenters. The summed E-state index contributed by atoms with van der Waals surface area (Å²) in [6.45, 7) is 4.29. The van der Waals surface area contributed by atoms with Gasteiger partial charge in [0, 0.05) is 4.88 Å². The molecule has 1 aromatic heterocycles. The number of rotatable bonds is 3. The predicted molar refractivity (Wildman–Crippen MR) is 53.7 cm³/mol. The minimum absolute atomic E-state index is 0.553. The second kappa shape index (κ2) is 4.14. The smallest absolute Gasteiger partial charge is 0.178 e. The van der Waals surface area contributed by atoms with Crippen molar-refractivity contribution in [3.05, 3.63) is 14.5 Å². The van der Waals surface area contributed by atoms with Crippen LogP contribution in [0.5, 0.6) is 0 Å². The van der Waals surface area contributed by atoms with Crippen molar-refractivity contribution < 1.29 is 4.79 Å². The molecule has 66 valence electrons. The Labute approximate surface area is 84.1 Å². The third-order valence-electron chi connectivity index (χ3n) is 1.36. The second-order valence-corrected chi connectivity index (χ2v) is 4.85. The molecular formula is C8H10BrNOS. The summed E-state index contributed by atoms with van der Waals surface area (Å²) in [4.78, 5) is 15.6. The maximum atomic E-state index is 10.4. The second-order valence-electron chi connectivity index (χ2n) is 2.98. The topological polar surface area (TPSA) is 30.0 Å². The molecule has 0 aliphatic carbocycles. The lowest BCUT2D eigenvalue weighted by atomic mass is 10.1. The summed E-state index contributed by atoms with van der Waals surface area (Å²) in [5, 5.41) is 0.553. The Balaban J connectivity index is 2.84. The van der Waals surface area contributed by atoms with Gasteiger partial charge in [-0.05, 0) is 28.3 Å². The molecule has 1 rings (SSSR count). The summed E-state index contributed by atoms with van der Waals surface area (Å²) in [6, 6.07) is 0. The SMILES string of the molecule is CC(C)Cc1sc(C=O)nc1Br. The van der Waals surface area contributed by atoms with Crippen molar-refractivity contribution >= 4 is 33.6 Å². The first-order valence-corrected chi connectivity index (χ1v) is 5.34. The van der Waals surface area contributed by atoms with Crippen molar-refractivity contribution in [3.8, 4) is 0 Å². The van der Waals surface area contributed by atoms with Crippen LogP contribution in [0.3, 0.4) is 0 Å². The fourth-order valence-electron chi connectivity index (χ4n) is 0.897. The maximum Gasteiger partial charge on any atom is 0.178 e. The van der Waals surface area contributed by atoms with Gasteiger partial charge < -0.3 is 0 Å². The van der Waals surface area contributed by atoms with Crippen LogP contribution < -0.4 is 0 Å². The van der Waals surface area contributed by atoms with E-state index in [1.807, 2.05) is 0 Å². The monoisotopic (exact) mass is 247 g/mol. The molecule has 0 saturated carbocycles. The summed E-state index contributed by atoms with van der Waals surface area (Å²) < 4.78 is 0.823. The molecule has 0 fully saturated rings. The van der Waals surface area contributed by atoms with Gasteiger partial charge in [0.25, 0.3) is 0 Å². The zero-order valence-corrected chi connectivity index (χ0v) is 9.41. The van der Waals surface area contributed by atoms with E-state index in [1.54, 1.807) is 0 Å².